The number of rotatable bonds is 4. The first-order valence-corrected chi connectivity index (χ1v) is 17.3. The van der Waals surface area contributed by atoms with Crippen molar-refractivity contribution in [3.8, 4) is 22.9 Å². The van der Waals surface area contributed by atoms with Crippen LogP contribution in [0.2, 0.25) is 0 Å². The molecule has 5 heteroatoms. The van der Waals surface area contributed by atoms with Crippen LogP contribution >= 0.6 is 0 Å². The van der Waals surface area contributed by atoms with Gasteiger partial charge >= 0.3 is 0 Å². The first kappa shape index (κ1) is 28.7. The molecule has 0 unspecified atom stereocenters. The van der Waals surface area contributed by atoms with Crippen LogP contribution in [-0.4, -0.2) is 15.0 Å². The topological polar surface area (TPSA) is 51.1 Å². The van der Waals surface area contributed by atoms with Crippen molar-refractivity contribution in [2.45, 2.75) is 25.7 Å². The molecular weight excluding hydrogens is 613 g/mol. The number of hydrogen-bond donors (Lipinski definition) is 0. The molecule has 0 amide bonds. The van der Waals surface area contributed by atoms with E-state index in [1.807, 2.05) is 6.07 Å². The van der Waals surface area contributed by atoms with E-state index in [-0.39, 0.29) is 0 Å². The van der Waals surface area contributed by atoms with Gasteiger partial charge < -0.3 is 9.64 Å². The van der Waals surface area contributed by atoms with Crippen molar-refractivity contribution in [3.05, 3.63) is 157 Å². The van der Waals surface area contributed by atoms with E-state index >= 15 is 0 Å². The fourth-order valence-corrected chi connectivity index (χ4v) is 7.57. The van der Waals surface area contributed by atoms with E-state index in [0.29, 0.717) is 5.82 Å². The van der Waals surface area contributed by atoms with Crippen LogP contribution in [0.3, 0.4) is 0 Å². The van der Waals surface area contributed by atoms with E-state index in [0.717, 1.165) is 98.8 Å². The van der Waals surface area contributed by atoms with E-state index in [4.69, 9.17) is 19.7 Å². The molecule has 238 valence electrons. The highest BCUT2D eigenvalue weighted by Crippen LogP contribution is 2.54. The fourth-order valence-electron chi connectivity index (χ4n) is 7.57. The van der Waals surface area contributed by atoms with Gasteiger partial charge in [-0.1, -0.05) is 109 Å². The number of benzene rings is 6. The highest BCUT2D eigenvalue weighted by Gasteiger charge is 2.29. The molecule has 2 heterocycles. The lowest BCUT2D eigenvalue weighted by atomic mass is 9.97. The zero-order valence-corrected chi connectivity index (χ0v) is 27.4. The van der Waals surface area contributed by atoms with Crippen molar-refractivity contribution < 1.29 is 4.74 Å². The van der Waals surface area contributed by atoms with E-state index in [1.165, 1.54) is 16.2 Å². The van der Waals surface area contributed by atoms with Gasteiger partial charge in [-0.2, -0.15) is 0 Å². The Labute approximate surface area is 290 Å². The molecule has 3 aliphatic rings. The van der Waals surface area contributed by atoms with Gasteiger partial charge in [0.15, 0.2) is 29.0 Å². The van der Waals surface area contributed by atoms with Gasteiger partial charge in [-0.05, 0) is 89.2 Å². The molecule has 0 radical (unpaired) electrons. The Morgan fingerprint density at radius 1 is 0.540 bits per heavy atom. The molecule has 5 nitrogen and oxygen atoms in total. The molecule has 6 aromatic carbocycles. The number of ether oxygens (including phenoxy) is 1. The molecule has 2 aliphatic carbocycles. The van der Waals surface area contributed by atoms with Crippen molar-refractivity contribution in [1.82, 2.24) is 15.0 Å². The molecule has 0 N–H and O–H groups in total. The predicted molar refractivity (Wildman–Crippen MR) is 205 cm³/mol. The van der Waals surface area contributed by atoms with Gasteiger partial charge in [-0.15, -0.1) is 0 Å². The van der Waals surface area contributed by atoms with E-state index in [2.05, 4.69) is 144 Å². The summed E-state index contributed by atoms with van der Waals surface area (Å²) in [6.07, 6.45) is 16.9. The number of anilines is 3. The number of hydrogen-bond acceptors (Lipinski definition) is 5. The van der Waals surface area contributed by atoms with Crippen LogP contribution in [0.4, 0.5) is 17.1 Å². The van der Waals surface area contributed by atoms with Crippen molar-refractivity contribution in [2.24, 2.45) is 0 Å². The third kappa shape index (κ3) is 4.66. The summed E-state index contributed by atoms with van der Waals surface area (Å²) >= 11 is 0. The molecule has 0 atom stereocenters. The van der Waals surface area contributed by atoms with Gasteiger partial charge in [0.2, 0.25) is 0 Å². The second kappa shape index (κ2) is 11.7. The monoisotopic (exact) mass is 644 g/mol. The molecule has 0 fully saturated rings. The average molecular weight is 645 g/mol. The highest BCUT2D eigenvalue weighted by molar-refractivity contribution is 6.13. The lowest BCUT2D eigenvalue weighted by Crippen LogP contribution is -2.16. The maximum Gasteiger partial charge on any atom is 0.164 e. The lowest BCUT2D eigenvalue weighted by molar-refractivity contribution is 0.482. The minimum Gasteiger partial charge on any atom is -0.452 e. The van der Waals surface area contributed by atoms with Gasteiger partial charge in [0.05, 0.1) is 17.1 Å². The van der Waals surface area contributed by atoms with Crippen LogP contribution in [0.1, 0.15) is 37.3 Å². The average Bonchev–Trinajstić information content (AvgIpc) is 3.20. The molecule has 0 spiro atoms. The SMILES string of the molecule is C1=CCCC(c2nc(C3=CCCC=C3)nc(-c3ccc(N4c5ccccc5Oc5c4ccc4c5ccc5ccccc54)c4ccccc34)n2)=C1. The van der Waals surface area contributed by atoms with Crippen LogP contribution in [0.5, 0.6) is 11.5 Å². The maximum atomic E-state index is 6.75. The second-order valence-corrected chi connectivity index (χ2v) is 13.0. The second-order valence-electron chi connectivity index (χ2n) is 13.0. The molecule has 10 rings (SSSR count). The number of fused-ring (bicyclic) bond motifs is 7. The zero-order chi connectivity index (χ0) is 33.0. The molecule has 0 saturated heterocycles. The zero-order valence-electron chi connectivity index (χ0n) is 27.4. The summed E-state index contributed by atoms with van der Waals surface area (Å²) in [5.41, 5.74) is 6.23. The third-order valence-electron chi connectivity index (χ3n) is 9.99. The van der Waals surface area contributed by atoms with Crippen molar-refractivity contribution >= 4 is 60.5 Å². The van der Waals surface area contributed by atoms with Crippen LogP contribution in [0.25, 0.3) is 54.9 Å². The highest BCUT2D eigenvalue weighted by atomic mass is 16.5. The third-order valence-corrected chi connectivity index (χ3v) is 9.99. The minimum absolute atomic E-state index is 0.684. The van der Waals surface area contributed by atoms with E-state index < -0.39 is 0 Å². The van der Waals surface area contributed by atoms with Gasteiger partial charge in [0.25, 0.3) is 0 Å². The molecule has 1 aliphatic heterocycles. The van der Waals surface area contributed by atoms with Crippen LogP contribution in [0.15, 0.2) is 146 Å². The first-order valence-electron chi connectivity index (χ1n) is 17.3. The Bertz CT molecular complexity index is 2650. The Morgan fingerprint density at radius 3 is 2.20 bits per heavy atom. The predicted octanol–water partition coefficient (Wildman–Crippen LogP) is 12.0. The van der Waals surface area contributed by atoms with Crippen LogP contribution in [0, 0.1) is 0 Å². The van der Waals surface area contributed by atoms with Gasteiger partial charge in [0.1, 0.15) is 0 Å². The molecule has 0 bridgehead atoms. The molecule has 50 heavy (non-hydrogen) atoms. The summed E-state index contributed by atoms with van der Waals surface area (Å²) in [7, 11) is 0. The quantitative estimate of drug-likeness (QED) is 0.178. The van der Waals surface area contributed by atoms with Gasteiger partial charge in [-0.3, -0.25) is 0 Å². The standard InChI is InChI=1S/C45H32N4O/c1-3-14-30(15-4-1)43-46-44(31-16-5-2-6-17-31)48-45(47-43)37-26-27-38(35-20-10-9-19-33(35)37)49-39-21-11-12-22-41(39)50-42-36-24-23-29-13-7-8-18-32(29)34(36)25-28-40(42)49/h1,3,5,7-14,16-28H,2,4,6,15H2. The summed E-state index contributed by atoms with van der Waals surface area (Å²) in [6, 6.07) is 38.6. The number of aromatic nitrogens is 3. The van der Waals surface area contributed by atoms with Crippen LogP contribution < -0.4 is 9.64 Å². The van der Waals surface area contributed by atoms with Crippen molar-refractivity contribution in [3.63, 3.8) is 0 Å². The maximum absolute atomic E-state index is 6.75. The lowest BCUT2D eigenvalue weighted by Gasteiger charge is -2.34. The normalized spacial score (nSPS) is 15.1. The van der Waals surface area contributed by atoms with Crippen LogP contribution in [-0.2, 0) is 0 Å². The Morgan fingerprint density at radius 2 is 1.32 bits per heavy atom. The Hall–Kier alpha value is -6.33. The summed E-state index contributed by atoms with van der Waals surface area (Å²) < 4.78 is 6.75. The van der Waals surface area contributed by atoms with E-state index in [1.54, 1.807) is 0 Å². The number of allylic oxidation sites excluding steroid dienone is 8. The fraction of sp³-hybridized carbons (Fsp3) is 0.0889. The Kier molecular flexibility index (Phi) is 6.69. The van der Waals surface area contributed by atoms with Crippen molar-refractivity contribution in [1.29, 1.82) is 0 Å². The first-order chi connectivity index (χ1) is 24.8. The summed E-state index contributed by atoms with van der Waals surface area (Å²) in [4.78, 5) is 17.6. The molecule has 0 saturated carbocycles. The van der Waals surface area contributed by atoms with Gasteiger partial charge in [0, 0.05) is 21.9 Å². The smallest absolute Gasteiger partial charge is 0.164 e. The molecule has 7 aromatic rings. The largest absolute Gasteiger partial charge is 0.452 e. The summed E-state index contributed by atoms with van der Waals surface area (Å²) in [6.45, 7) is 0. The summed E-state index contributed by atoms with van der Waals surface area (Å²) in [5, 5.41) is 6.88. The Balaban J connectivity index is 1.18. The summed E-state index contributed by atoms with van der Waals surface area (Å²) in [5.74, 6) is 3.83. The number of nitrogens with zero attached hydrogens (tertiary/aromatic N) is 4. The minimum atomic E-state index is 0.684. The van der Waals surface area contributed by atoms with Gasteiger partial charge in [-0.25, -0.2) is 15.0 Å². The number of para-hydroxylation sites is 2. The van der Waals surface area contributed by atoms with E-state index in [9.17, 15) is 0 Å². The molecular formula is C45H32N4O. The van der Waals surface area contributed by atoms with Crippen molar-refractivity contribution in [2.75, 3.05) is 4.90 Å². The molecule has 1 aromatic heterocycles.